The minimum atomic E-state index is -0.196. The monoisotopic (exact) mass is 374 g/mol. The van der Waals surface area contributed by atoms with Crippen molar-refractivity contribution in [2.45, 2.75) is 68.6 Å². The maximum Gasteiger partial charge on any atom is 0.225 e. The highest BCUT2D eigenvalue weighted by Crippen LogP contribution is 2.40. The second-order valence-electron chi connectivity index (χ2n) is 8.24. The Kier molecular flexibility index (Phi) is 5.32. The third-order valence-electron chi connectivity index (χ3n) is 6.59. The van der Waals surface area contributed by atoms with Crippen LogP contribution in [-0.2, 0) is 14.3 Å². The van der Waals surface area contributed by atoms with Gasteiger partial charge in [0.1, 0.15) is 0 Å². The molecule has 1 spiro atoms. The van der Waals surface area contributed by atoms with Crippen LogP contribution in [-0.4, -0.2) is 64.8 Å². The number of methoxy groups -OCH3 is 1. The highest BCUT2D eigenvalue weighted by Gasteiger charge is 2.44. The predicted octanol–water partition coefficient (Wildman–Crippen LogP) is 2.39. The Morgan fingerprint density at radius 2 is 2.04 bits per heavy atom. The van der Waals surface area contributed by atoms with Crippen LogP contribution in [0.5, 0.6) is 0 Å². The number of carbonyl (C=O) groups is 1. The van der Waals surface area contributed by atoms with Crippen molar-refractivity contribution in [2.24, 2.45) is 0 Å². The van der Waals surface area contributed by atoms with E-state index in [0.29, 0.717) is 18.4 Å². The molecule has 1 aromatic rings. The lowest BCUT2D eigenvalue weighted by atomic mass is 9.77. The molecule has 148 valence electrons. The first-order chi connectivity index (χ1) is 13.1. The van der Waals surface area contributed by atoms with Crippen molar-refractivity contribution in [2.75, 3.05) is 32.1 Å². The molecule has 1 N–H and O–H groups in total. The number of hydrogen-bond donors (Lipinski definition) is 1. The molecule has 2 aliphatic heterocycles. The van der Waals surface area contributed by atoms with Crippen molar-refractivity contribution in [1.29, 1.82) is 0 Å². The quantitative estimate of drug-likeness (QED) is 0.853. The molecule has 3 fully saturated rings. The number of amides is 1. The lowest BCUT2D eigenvalue weighted by molar-refractivity contribution is -0.153. The second kappa shape index (κ2) is 7.72. The zero-order valence-electron chi connectivity index (χ0n) is 16.2. The lowest BCUT2D eigenvalue weighted by Crippen LogP contribution is -2.54. The van der Waals surface area contributed by atoms with Crippen LogP contribution in [0, 0.1) is 0 Å². The summed E-state index contributed by atoms with van der Waals surface area (Å²) in [6.45, 7) is 2.28. The van der Waals surface area contributed by atoms with Gasteiger partial charge in [-0.15, -0.1) is 0 Å². The Labute approximate surface area is 160 Å². The van der Waals surface area contributed by atoms with Gasteiger partial charge in [0.25, 0.3) is 0 Å². The van der Waals surface area contributed by atoms with Crippen molar-refractivity contribution >= 4 is 11.9 Å². The number of aromatic nitrogens is 2. The minimum Gasteiger partial charge on any atom is -0.378 e. The van der Waals surface area contributed by atoms with Gasteiger partial charge in [-0.1, -0.05) is 0 Å². The normalized spacial score (nSPS) is 26.4. The Balaban J connectivity index is 1.30. The summed E-state index contributed by atoms with van der Waals surface area (Å²) >= 11 is 0. The van der Waals surface area contributed by atoms with Crippen molar-refractivity contribution in [3.63, 3.8) is 0 Å². The predicted molar refractivity (Wildman–Crippen MR) is 101 cm³/mol. The van der Waals surface area contributed by atoms with E-state index in [2.05, 4.69) is 15.3 Å². The topological polar surface area (TPSA) is 76.6 Å². The number of ether oxygens (including phenoxy) is 2. The summed E-state index contributed by atoms with van der Waals surface area (Å²) in [7, 11) is 1.73. The molecule has 1 saturated carbocycles. The van der Waals surface area contributed by atoms with Gasteiger partial charge >= 0.3 is 0 Å². The molecule has 1 aromatic heterocycles. The van der Waals surface area contributed by atoms with E-state index < -0.39 is 0 Å². The summed E-state index contributed by atoms with van der Waals surface area (Å²) in [5, 5.41) is 3.44. The van der Waals surface area contributed by atoms with Crippen LogP contribution in [0.2, 0.25) is 0 Å². The number of nitrogens with zero attached hydrogens (tertiary/aromatic N) is 3. The Hall–Kier alpha value is -1.73. The number of carbonyl (C=O) groups excluding carboxylic acids is 1. The molecule has 27 heavy (non-hydrogen) atoms. The molecule has 2 saturated heterocycles. The first-order valence-electron chi connectivity index (χ1n) is 10.1. The van der Waals surface area contributed by atoms with Gasteiger partial charge in [0.05, 0.1) is 17.6 Å². The molecule has 1 unspecified atom stereocenters. The minimum absolute atomic E-state index is 0.128. The molecule has 1 atom stereocenters. The van der Waals surface area contributed by atoms with Gasteiger partial charge in [-0.3, -0.25) is 4.79 Å². The first kappa shape index (κ1) is 18.6. The van der Waals surface area contributed by atoms with Crippen molar-refractivity contribution < 1.29 is 14.3 Å². The summed E-state index contributed by atoms with van der Waals surface area (Å²) in [6.07, 6.45) is 10.9. The fourth-order valence-corrected chi connectivity index (χ4v) is 4.63. The maximum atomic E-state index is 12.7. The van der Waals surface area contributed by atoms with Crippen LogP contribution in [0.3, 0.4) is 0 Å². The summed E-state index contributed by atoms with van der Waals surface area (Å²) in [5.41, 5.74) is -0.324. The van der Waals surface area contributed by atoms with E-state index in [9.17, 15) is 4.79 Å². The van der Waals surface area contributed by atoms with Crippen LogP contribution in [0.15, 0.2) is 18.5 Å². The molecule has 0 aromatic carbocycles. The molecule has 7 nitrogen and oxygen atoms in total. The molecule has 3 heterocycles. The average molecular weight is 374 g/mol. The maximum absolute atomic E-state index is 12.7. The van der Waals surface area contributed by atoms with Crippen LogP contribution in [0.1, 0.15) is 51.4 Å². The van der Waals surface area contributed by atoms with Gasteiger partial charge in [-0.05, 0) is 51.0 Å². The van der Waals surface area contributed by atoms with Crippen LogP contribution in [0.25, 0.3) is 0 Å². The van der Waals surface area contributed by atoms with Crippen molar-refractivity contribution in [1.82, 2.24) is 14.9 Å². The SMILES string of the molecule is COC1(CC(=O)N2CCC3(CC2)CC(Nc2ncccn2)CCO3)CCC1. The Bertz CT molecular complexity index is 636. The fourth-order valence-electron chi connectivity index (χ4n) is 4.63. The summed E-state index contributed by atoms with van der Waals surface area (Å²) in [6, 6.07) is 2.14. The highest BCUT2D eigenvalue weighted by atomic mass is 16.5. The summed E-state index contributed by atoms with van der Waals surface area (Å²) in [5.74, 6) is 0.909. The van der Waals surface area contributed by atoms with E-state index in [4.69, 9.17) is 9.47 Å². The zero-order chi connectivity index (χ0) is 18.7. The molecule has 0 bridgehead atoms. The van der Waals surface area contributed by atoms with Gasteiger partial charge < -0.3 is 19.7 Å². The third kappa shape index (κ3) is 4.09. The smallest absolute Gasteiger partial charge is 0.225 e. The van der Waals surface area contributed by atoms with Gasteiger partial charge in [0, 0.05) is 45.2 Å². The molecule has 0 radical (unpaired) electrons. The summed E-state index contributed by atoms with van der Waals surface area (Å²) < 4.78 is 11.8. The third-order valence-corrected chi connectivity index (χ3v) is 6.59. The Morgan fingerprint density at radius 3 is 2.67 bits per heavy atom. The number of piperidine rings is 1. The van der Waals surface area contributed by atoms with E-state index in [-0.39, 0.29) is 17.1 Å². The number of rotatable bonds is 5. The second-order valence-corrected chi connectivity index (χ2v) is 8.24. The lowest BCUT2D eigenvalue weighted by Gasteiger charge is -2.47. The molecule has 7 heteroatoms. The van der Waals surface area contributed by atoms with Gasteiger partial charge in [0.2, 0.25) is 11.9 Å². The standard InChI is InChI=1S/C20H30N4O3/c1-26-19(5-2-6-19)15-17(25)24-11-7-20(8-12-24)14-16(4-13-27-20)23-18-21-9-3-10-22-18/h3,9-10,16H,2,4-8,11-15H2,1H3,(H,21,22,23). The van der Waals surface area contributed by atoms with Gasteiger partial charge in [-0.2, -0.15) is 0 Å². The van der Waals surface area contributed by atoms with Crippen molar-refractivity contribution in [3.8, 4) is 0 Å². The van der Waals surface area contributed by atoms with Crippen molar-refractivity contribution in [3.05, 3.63) is 18.5 Å². The number of hydrogen-bond acceptors (Lipinski definition) is 6. The molecule has 1 aliphatic carbocycles. The molecular weight excluding hydrogens is 344 g/mol. The largest absolute Gasteiger partial charge is 0.378 e. The fraction of sp³-hybridized carbons (Fsp3) is 0.750. The molecule has 1 amide bonds. The molecular formula is C20H30N4O3. The zero-order valence-corrected chi connectivity index (χ0v) is 16.2. The van der Waals surface area contributed by atoms with Gasteiger partial charge in [0.15, 0.2) is 0 Å². The average Bonchev–Trinajstić information content (AvgIpc) is 2.66. The van der Waals surface area contributed by atoms with Crippen LogP contribution in [0.4, 0.5) is 5.95 Å². The Morgan fingerprint density at radius 1 is 1.30 bits per heavy atom. The first-order valence-corrected chi connectivity index (χ1v) is 10.1. The molecule has 3 aliphatic rings. The number of nitrogens with one attached hydrogen (secondary N) is 1. The van der Waals surface area contributed by atoms with Crippen LogP contribution < -0.4 is 5.32 Å². The number of anilines is 1. The van der Waals surface area contributed by atoms with E-state index in [1.165, 1.54) is 0 Å². The summed E-state index contributed by atoms with van der Waals surface area (Å²) in [4.78, 5) is 23.3. The van der Waals surface area contributed by atoms with Crippen LogP contribution >= 0.6 is 0 Å². The van der Waals surface area contributed by atoms with E-state index in [1.807, 2.05) is 11.0 Å². The van der Waals surface area contributed by atoms with E-state index in [0.717, 1.165) is 64.6 Å². The van der Waals surface area contributed by atoms with E-state index >= 15 is 0 Å². The highest BCUT2D eigenvalue weighted by molar-refractivity contribution is 5.77. The van der Waals surface area contributed by atoms with Gasteiger partial charge in [-0.25, -0.2) is 9.97 Å². The van der Waals surface area contributed by atoms with E-state index in [1.54, 1.807) is 19.5 Å². The number of likely N-dealkylation sites (tertiary alicyclic amines) is 1. The molecule has 4 rings (SSSR count).